The van der Waals surface area contributed by atoms with Crippen LogP contribution in [0.1, 0.15) is 72.1 Å². The van der Waals surface area contributed by atoms with E-state index in [0.29, 0.717) is 18.2 Å². The second-order valence-corrected chi connectivity index (χ2v) is 6.85. The van der Waals surface area contributed by atoms with E-state index in [4.69, 9.17) is 14.2 Å². The lowest BCUT2D eigenvalue weighted by Gasteiger charge is -2.08. The molecule has 168 valence electrons. The average Bonchev–Trinajstić information content (AvgIpc) is 2.74. The first-order valence-corrected chi connectivity index (χ1v) is 11.0. The Labute approximate surface area is 180 Å². The number of hydrogen-bond donors (Lipinski definition) is 1. The third-order valence-electron chi connectivity index (χ3n) is 4.36. The highest BCUT2D eigenvalue weighted by Gasteiger charge is 2.20. The Morgan fingerprint density at radius 3 is 2.03 bits per heavy atom. The summed E-state index contributed by atoms with van der Waals surface area (Å²) in [6, 6.07) is 3.51. The first-order valence-electron chi connectivity index (χ1n) is 11.0. The predicted octanol–water partition coefficient (Wildman–Crippen LogP) is 5.02. The third kappa shape index (κ3) is 10.8. The van der Waals surface area contributed by atoms with Crippen molar-refractivity contribution >= 4 is 17.6 Å². The molecule has 7 nitrogen and oxygen atoms in total. The van der Waals surface area contributed by atoms with Crippen LogP contribution in [-0.2, 0) is 19.1 Å². The van der Waals surface area contributed by atoms with Gasteiger partial charge in [-0.3, -0.25) is 0 Å². The van der Waals surface area contributed by atoms with E-state index < -0.39 is 11.9 Å². The van der Waals surface area contributed by atoms with E-state index in [1.165, 1.54) is 51.1 Å². The molecule has 0 atom stereocenters. The summed E-state index contributed by atoms with van der Waals surface area (Å²) in [4.78, 5) is 28.1. The highest BCUT2D eigenvalue weighted by atomic mass is 16.6. The number of unbranched alkanes of at least 4 members (excludes halogenated alkanes) is 7. The first-order chi connectivity index (χ1) is 14.6. The molecule has 0 aliphatic carbocycles. The average molecular weight is 421 g/mol. The fraction of sp³-hybridized carbons (Fsp3) is 0.609. The number of nitrogens with zero attached hydrogens (tertiary/aromatic N) is 1. The molecule has 1 N–H and O–H groups in total. The van der Waals surface area contributed by atoms with Crippen molar-refractivity contribution in [3.05, 3.63) is 30.1 Å². The van der Waals surface area contributed by atoms with Gasteiger partial charge < -0.3 is 19.5 Å². The molecule has 1 rings (SSSR count). The maximum absolute atomic E-state index is 11.9. The zero-order chi connectivity index (χ0) is 22.0. The predicted molar refractivity (Wildman–Crippen MR) is 117 cm³/mol. The molecular formula is C23H36N2O5. The summed E-state index contributed by atoms with van der Waals surface area (Å²) >= 11 is 0. The van der Waals surface area contributed by atoms with E-state index in [1.54, 1.807) is 32.2 Å². The Hall–Kier alpha value is -2.57. The molecule has 0 radical (unpaired) electrons. The van der Waals surface area contributed by atoms with E-state index in [0.717, 1.165) is 6.42 Å². The van der Waals surface area contributed by atoms with Gasteiger partial charge in [-0.1, -0.05) is 51.9 Å². The number of aromatic nitrogens is 1. The zero-order valence-electron chi connectivity index (χ0n) is 18.6. The summed E-state index contributed by atoms with van der Waals surface area (Å²) in [7, 11) is 0. The fourth-order valence-corrected chi connectivity index (χ4v) is 2.74. The third-order valence-corrected chi connectivity index (χ3v) is 4.36. The minimum atomic E-state index is -0.735. The molecule has 0 unspecified atom stereocenters. The number of anilines is 1. The molecule has 0 amide bonds. The number of carbonyl (C=O) groups is 2. The highest BCUT2D eigenvalue weighted by molar-refractivity contribution is 6.14. The number of hydrogen-bond acceptors (Lipinski definition) is 7. The summed E-state index contributed by atoms with van der Waals surface area (Å²) < 4.78 is 15.5. The number of pyridine rings is 1. The maximum atomic E-state index is 11.9. The van der Waals surface area contributed by atoms with Crippen LogP contribution in [0.2, 0.25) is 0 Å². The van der Waals surface area contributed by atoms with Gasteiger partial charge in [0.05, 0.1) is 31.7 Å². The smallest absolute Gasteiger partial charge is 0.347 e. The lowest BCUT2D eigenvalue weighted by atomic mass is 10.1. The minimum absolute atomic E-state index is 0.169. The Morgan fingerprint density at radius 1 is 0.900 bits per heavy atom. The first kappa shape index (κ1) is 25.5. The van der Waals surface area contributed by atoms with Gasteiger partial charge in [0.1, 0.15) is 0 Å². The second-order valence-electron chi connectivity index (χ2n) is 6.85. The van der Waals surface area contributed by atoms with Crippen LogP contribution in [0.25, 0.3) is 0 Å². The molecule has 0 aliphatic rings. The molecule has 0 aliphatic heterocycles. The van der Waals surface area contributed by atoms with Crippen LogP contribution in [-0.4, -0.2) is 36.7 Å². The van der Waals surface area contributed by atoms with Gasteiger partial charge in [0.15, 0.2) is 5.57 Å². The molecule has 0 fully saturated rings. The molecule has 0 aromatic carbocycles. The summed E-state index contributed by atoms with van der Waals surface area (Å²) in [5.74, 6) is -0.924. The van der Waals surface area contributed by atoms with Crippen LogP contribution in [0, 0.1) is 0 Å². The van der Waals surface area contributed by atoms with Crippen molar-refractivity contribution in [3.8, 4) is 5.88 Å². The van der Waals surface area contributed by atoms with Crippen molar-refractivity contribution in [3.63, 3.8) is 0 Å². The quantitative estimate of drug-likeness (QED) is 0.132. The van der Waals surface area contributed by atoms with E-state index in [-0.39, 0.29) is 18.8 Å². The summed E-state index contributed by atoms with van der Waals surface area (Å²) in [6.07, 6.45) is 12.9. The van der Waals surface area contributed by atoms with E-state index in [1.807, 2.05) is 0 Å². The highest BCUT2D eigenvalue weighted by Crippen LogP contribution is 2.14. The lowest BCUT2D eigenvalue weighted by molar-refractivity contribution is -0.146. The van der Waals surface area contributed by atoms with Crippen molar-refractivity contribution in [1.29, 1.82) is 0 Å². The monoisotopic (exact) mass is 420 g/mol. The van der Waals surface area contributed by atoms with Gasteiger partial charge in [-0.2, -0.15) is 0 Å². The number of carbonyl (C=O) groups excluding carboxylic acids is 2. The minimum Gasteiger partial charge on any atom is -0.478 e. The van der Waals surface area contributed by atoms with Gasteiger partial charge in [-0.15, -0.1) is 0 Å². The normalized spacial score (nSPS) is 10.2. The standard InChI is InChI=1S/C23H36N2O5/c1-4-7-8-9-10-11-12-13-16-30-21-15-14-19(17-25-21)24-18-20(22(26)28-5-2)23(27)29-6-3/h14-15,17-18,24H,4-13,16H2,1-3H3. The van der Waals surface area contributed by atoms with Gasteiger partial charge in [-0.05, 0) is 26.3 Å². The maximum Gasteiger partial charge on any atom is 0.347 e. The molecule has 1 aromatic heterocycles. The van der Waals surface area contributed by atoms with Gasteiger partial charge in [0.25, 0.3) is 0 Å². The summed E-state index contributed by atoms with van der Waals surface area (Å²) in [5, 5.41) is 2.87. The molecule has 1 heterocycles. The molecule has 7 heteroatoms. The summed E-state index contributed by atoms with van der Waals surface area (Å²) in [6.45, 7) is 6.55. The van der Waals surface area contributed by atoms with Crippen LogP contribution in [0.5, 0.6) is 5.88 Å². The van der Waals surface area contributed by atoms with Crippen molar-refractivity contribution in [2.24, 2.45) is 0 Å². The Balaban J connectivity index is 2.40. The zero-order valence-corrected chi connectivity index (χ0v) is 18.6. The molecule has 30 heavy (non-hydrogen) atoms. The van der Waals surface area contributed by atoms with Gasteiger partial charge >= 0.3 is 11.9 Å². The second kappa shape index (κ2) is 16.3. The number of esters is 2. The van der Waals surface area contributed by atoms with E-state index in [2.05, 4.69) is 17.2 Å². The van der Waals surface area contributed by atoms with Crippen LogP contribution in [0.3, 0.4) is 0 Å². The van der Waals surface area contributed by atoms with Crippen molar-refractivity contribution in [2.75, 3.05) is 25.1 Å². The van der Waals surface area contributed by atoms with E-state index >= 15 is 0 Å². The van der Waals surface area contributed by atoms with E-state index in [9.17, 15) is 9.59 Å². The molecule has 1 aromatic rings. The van der Waals surface area contributed by atoms with Crippen molar-refractivity contribution < 1.29 is 23.8 Å². The Bertz CT molecular complexity index is 623. The number of ether oxygens (including phenoxy) is 3. The molecule has 0 spiro atoms. The Morgan fingerprint density at radius 2 is 1.50 bits per heavy atom. The largest absolute Gasteiger partial charge is 0.478 e. The molecule has 0 saturated carbocycles. The van der Waals surface area contributed by atoms with Gasteiger partial charge in [0.2, 0.25) is 5.88 Å². The van der Waals surface area contributed by atoms with Crippen LogP contribution < -0.4 is 10.1 Å². The fourth-order valence-electron chi connectivity index (χ4n) is 2.74. The SMILES string of the molecule is CCCCCCCCCCOc1ccc(NC=C(C(=O)OCC)C(=O)OCC)cn1. The number of nitrogens with one attached hydrogen (secondary N) is 1. The van der Waals surface area contributed by atoms with Crippen LogP contribution >= 0.6 is 0 Å². The van der Waals surface area contributed by atoms with Crippen LogP contribution in [0.15, 0.2) is 30.1 Å². The lowest BCUT2D eigenvalue weighted by Crippen LogP contribution is -2.19. The van der Waals surface area contributed by atoms with Gasteiger partial charge in [-0.25, -0.2) is 14.6 Å². The molecular weight excluding hydrogens is 384 g/mol. The van der Waals surface area contributed by atoms with Crippen LogP contribution in [0.4, 0.5) is 5.69 Å². The summed E-state index contributed by atoms with van der Waals surface area (Å²) in [5.41, 5.74) is 0.411. The Kier molecular flexibility index (Phi) is 13.8. The van der Waals surface area contributed by atoms with Crippen molar-refractivity contribution in [1.82, 2.24) is 4.98 Å². The number of rotatable bonds is 16. The van der Waals surface area contributed by atoms with Gasteiger partial charge in [0, 0.05) is 12.3 Å². The molecule has 0 bridgehead atoms. The molecule has 0 saturated heterocycles. The topological polar surface area (TPSA) is 86.8 Å². The van der Waals surface area contributed by atoms with Crippen molar-refractivity contribution in [2.45, 2.75) is 72.1 Å².